The van der Waals surface area contributed by atoms with Crippen LogP contribution in [-0.2, 0) is 15.0 Å². The first-order valence-corrected chi connectivity index (χ1v) is 10.0. The number of carbonyl (C=O) groups is 2. The number of hydrogen-bond acceptors (Lipinski definition) is 7. The predicted octanol–water partition coefficient (Wildman–Crippen LogP) is 3.51. The van der Waals surface area contributed by atoms with Crippen LogP contribution in [0.3, 0.4) is 0 Å². The van der Waals surface area contributed by atoms with Gasteiger partial charge in [-0.1, -0.05) is 36.4 Å². The van der Waals surface area contributed by atoms with Gasteiger partial charge in [-0.15, -0.1) is 0 Å². The molecule has 146 valence electrons. The van der Waals surface area contributed by atoms with Crippen LogP contribution in [0.2, 0.25) is 0 Å². The fraction of sp³-hybridized carbons (Fsp3) is 0.0476. The summed E-state index contributed by atoms with van der Waals surface area (Å²) in [5.41, 5.74) is 0.576. The van der Waals surface area contributed by atoms with Crippen molar-refractivity contribution in [3.63, 3.8) is 0 Å². The summed E-state index contributed by atoms with van der Waals surface area (Å²) >= 11 is 0. The zero-order valence-corrected chi connectivity index (χ0v) is 15.7. The summed E-state index contributed by atoms with van der Waals surface area (Å²) in [5.74, 6) is -0.563. The molecule has 0 spiro atoms. The van der Waals surface area contributed by atoms with Gasteiger partial charge >= 0.3 is 10.1 Å². The molecule has 0 unspecified atom stereocenters. The number of rotatable bonds is 3. The lowest BCUT2D eigenvalue weighted by Gasteiger charge is -2.17. The van der Waals surface area contributed by atoms with Crippen LogP contribution in [0.4, 0.5) is 0 Å². The van der Waals surface area contributed by atoms with Crippen LogP contribution in [0.25, 0.3) is 0 Å². The smallest absolute Gasteiger partial charge is 0.343 e. The molecule has 2 aliphatic rings. The van der Waals surface area contributed by atoms with Crippen LogP contribution in [0, 0.1) is 0 Å². The quantitative estimate of drug-likeness (QED) is 0.434. The van der Waals surface area contributed by atoms with E-state index in [1.165, 1.54) is 30.4 Å². The minimum Gasteiger partial charge on any atom is -0.378 e. The van der Waals surface area contributed by atoms with Gasteiger partial charge in [0.05, 0.1) is 11.1 Å². The number of hydrogen-bond donors (Lipinski definition) is 0. The number of Topliss-reactive ketones (excluding diaryl/α,β-unsaturated/α-hetero) is 2. The van der Waals surface area contributed by atoms with E-state index in [9.17, 15) is 18.0 Å². The van der Waals surface area contributed by atoms with E-state index in [0.29, 0.717) is 11.3 Å². The van der Waals surface area contributed by atoms with Crippen molar-refractivity contribution in [3.05, 3.63) is 94.6 Å². The topological polar surface area (TPSA) is 96.0 Å². The van der Waals surface area contributed by atoms with E-state index in [4.69, 9.17) is 14.0 Å². The lowest BCUT2D eigenvalue weighted by atomic mass is 10.1. The van der Waals surface area contributed by atoms with E-state index in [0.717, 1.165) is 0 Å². The molecule has 7 nitrogen and oxygen atoms in total. The Kier molecular flexibility index (Phi) is 4.77. The standard InChI is InChI=1S/C21H14O7S/c22-20-14-8-4-6-10-16(14)26-27-18(20)12-2-1-3-13-19-21(23)15-9-5-7-11-17(15)28-29(19,24)25/h1,3-13H,2H2. The molecular weight excluding hydrogens is 396 g/mol. The van der Waals surface area contributed by atoms with Crippen LogP contribution >= 0.6 is 0 Å². The molecule has 0 atom stereocenters. The Bertz CT molecular complexity index is 1200. The number of carbonyl (C=O) groups excluding carboxylic acids is 2. The summed E-state index contributed by atoms with van der Waals surface area (Å²) in [6.45, 7) is 0. The second-order valence-corrected chi connectivity index (χ2v) is 7.63. The maximum absolute atomic E-state index is 12.4. The molecule has 0 fully saturated rings. The summed E-state index contributed by atoms with van der Waals surface area (Å²) in [5, 5.41) is 0. The minimum absolute atomic E-state index is 0.0107. The van der Waals surface area contributed by atoms with Crippen LogP contribution in [0.15, 0.2) is 83.5 Å². The maximum atomic E-state index is 12.4. The molecule has 2 aromatic carbocycles. The zero-order valence-electron chi connectivity index (χ0n) is 14.9. The van der Waals surface area contributed by atoms with Crippen molar-refractivity contribution in [3.8, 4) is 11.5 Å². The number of allylic oxidation sites excluding steroid dienone is 6. The number of fused-ring (bicyclic) bond motifs is 2. The molecule has 0 N–H and O–H groups in total. The van der Waals surface area contributed by atoms with Gasteiger partial charge in [-0.2, -0.15) is 8.42 Å². The molecule has 0 aromatic heterocycles. The third-order valence-corrected chi connectivity index (χ3v) is 5.48. The second kappa shape index (κ2) is 7.40. The van der Waals surface area contributed by atoms with Crippen molar-refractivity contribution < 1.29 is 32.0 Å². The summed E-state index contributed by atoms with van der Waals surface area (Å²) < 4.78 is 29.3. The Morgan fingerprint density at radius 1 is 0.828 bits per heavy atom. The van der Waals surface area contributed by atoms with E-state index < -0.39 is 20.8 Å². The van der Waals surface area contributed by atoms with Gasteiger partial charge in [0.2, 0.25) is 17.3 Å². The van der Waals surface area contributed by atoms with Crippen molar-refractivity contribution in [2.24, 2.45) is 0 Å². The van der Waals surface area contributed by atoms with E-state index in [1.54, 1.807) is 42.5 Å². The highest BCUT2D eigenvalue weighted by molar-refractivity contribution is 7.92. The molecule has 0 saturated carbocycles. The Morgan fingerprint density at radius 3 is 2.24 bits per heavy atom. The summed E-state index contributed by atoms with van der Waals surface area (Å²) in [7, 11) is -4.19. The normalized spacial score (nSPS) is 20.0. The zero-order chi connectivity index (χ0) is 20.4. The van der Waals surface area contributed by atoms with Crippen LogP contribution in [0.5, 0.6) is 11.5 Å². The third kappa shape index (κ3) is 3.57. The number of benzene rings is 2. The monoisotopic (exact) mass is 410 g/mol. The largest absolute Gasteiger partial charge is 0.378 e. The second-order valence-electron chi connectivity index (χ2n) is 6.12. The summed E-state index contributed by atoms with van der Waals surface area (Å²) in [6, 6.07) is 12.8. The van der Waals surface area contributed by atoms with Crippen LogP contribution in [-0.4, -0.2) is 20.0 Å². The first-order chi connectivity index (χ1) is 14.0. The molecule has 29 heavy (non-hydrogen) atoms. The van der Waals surface area contributed by atoms with Crippen molar-refractivity contribution in [1.82, 2.24) is 0 Å². The third-order valence-electron chi connectivity index (χ3n) is 4.22. The van der Waals surface area contributed by atoms with Gasteiger partial charge in [0.1, 0.15) is 0 Å². The van der Waals surface area contributed by atoms with Crippen molar-refractivity contribution in [2.75, 3.05) is 0 Å². The summed E-state index contributed by atoms with van der Waals surface area (Å²) in [4.78, 5) is 34.4. The Morgan fingerprint density at radius 2 is 1.48 bits per heavy atom. The fourth-order valence-electron chi connectivity index (χ4n) is 2.82. The van der Waals surface area contributed by atoms with E-state index in [-0.39, 0.29) is 29.3 Å². The van der Waals surface area contributed by atoms with Gasteiger partial charge in [-0.25, -0.2) is 0 Å². The maximum Gasteiger partial charge on any atom is 0.343 e. The molecule has 0 radical (unpaired) electrons. The Hall–Kier alpha value is -3.65. The molecule has 0 saturated heterocycles. The van der Waals surface area contributed by atoms with E-state index in [2.05, 4.69) is 0 Å². The summed E-state index contributed by atoms with van der Waals surface area (Å²) in [6.07, 6.45) is 5.89. The highest BCUT2D eigenvalue weighted by Gasteiger charge is 2.35. The van der Waals surface area contributed by atoms with E-state index >= 15 is 0 Å². The van der Waals surface area contributed by atoms with Crippen LogP contribution in [0.1, 0.15) is 27.1 Å². The molecule has 0 aliphatic carbocycles. The van der Waals surface area contributed by atoms with Gasteiger partial charge in [-0.05, 0) is 42.8 Å². The lowest BCUT2D eigenvalue weighted by molar-refractivity contribution is -0.166. The Labute approximate surface area is 166 Å². The average Bonchev–Trinajstić information content (AvgIpc) is 2.71. The molecule has 2 heterocycles. The van der Waals surface area contributed by atoms with E-state index in [1.807, 2.05) is 0 Å². The lowest BCUT2D eigenvalue weighted by Crippen LogP contribution is -2.25. The molecular formula is C21H14O7S. The van der Waals surface area contributed by atoms with Gasteiger partial charge in [0.15, 0.2) is 16.4 Å². The Balaban J connectivity index is 1.49. The van der Waals surface area contributed by atoms with Gasteiger partial charge in [0.25, 0.3) is 0 Å². The van der Waals surface area contributed by atoms with Gasteiger partial charge < -0.3 is 4.18 Å². The predicted molar refractivity (Wildman–Crippen MR) is 103 cm³/mol. The van der Waals surface area contributed by atoms with Gasteiger partial charge in [0, 0.05) is 0 Å². The fourth-order valence-corrected chi connectivity index (χ4v) is 3.87. The molecule has 0 bridgehead atoms. The molecule has 8 heteroatoms. The molecule has 4 rings (SSSR count). The first-order valence-electron chi connectivity index (χ1n) is 8.61. The van der Waals surface area contributed by atoms with Crippen molar-refractivity contribution in [1.29, 1.82) is 0 Å². The minimum atomic E-state index is -4.19. The highest BCUT2D eigenvalue weighted by atomic mass is 32.2. The van der Waals surface area contributed by atoms with Gasteiger partial charge in [-0.3, -0.25) is 19.4 Å². The highest BCUT2D eigenvalue weighted by Crippen LogP contribution is 2.31. The molecule has 2 aliphatic heterocycles. The number of ketones is 2. The molecule has 0 amide bonds. The molecule has 2 aromatic rings. The van der Waals surface area contributed by atoms with Crippen molar-refractivity contribution in [2.45, 2.75) is 6.42 Å². The average molecular weight is 410 g/mol. The van der Waals surface area contributed by atoms with Crippen molar-refractivity contribution >= 4 is 21.7 Å². The number of para-hydroxylation sites is 2. The van der Waals surface area contributed by atoms with Crippen LogP contribution < -0.4 is 9.07 Å². The SMILES string of the molecule is O=C1C(=CCC=CC=C2C(=O)c3ccccc3OS2(=O)=O)OOc2ccccc21. The first kappa shape index (κ1) is 18.7.